The highest BCUT2D eigenvalue weighted by molar-refractivity contribution is 9.10. The van der Waals surface area contributed by atoms with E-state index in [1.807, 2.05) is 36.6 Å². The minimum absolute atomic E-state index is 0.0741. The summed E-state index contributed by atoms with van der Waals surface area (Å²) in [5.74, 6) is 0.545. The summed E-state index contributed by atoms with van der Waals surface area (Å²) in [5, 5.41) is 11.0. The maximum absolute atomic E-state index is 12.2. The van der Waals surface area contributed by atoms with Gasteiger partial charge in [-0.1, -0.05) is 23.9 Å². The number of rotatable bonds is 5. The van der Waals surface area contributed by atoms with E-state index in [0.717, 1.165) is 15.7 Å². The molecule has 0 radical (unpaired) electrons. The zero-order chi connectivity index (χ0) is 17.1. The first-order valence-electron chi connectivity index (χ1n) is 6.94. The molecule has 0 unspecified atom stereocenters. The van der Waals surface area contributed by atoms with Gasteiger partial charge in [0, 0.05) is 16.9 Å². The predicted molar refractivity (Wildman–Crippen MR) is 98.4 cm³/mol. The molecule has 0 aliphatic carbocycles. The van der Waals surface area contributed by atoms with E-state index in [0.29, 0.717) is 16.2 Å². The standard InChI is InChI=1S/C15H13BrN4O2S2/c1-9-7-23-14(17-9)20(2)12(21)8-24-15-19-18-13(22-15)10-5-3-4-6-11(10)16/h3-7H,8H2,1-2H3. The number of thiazole rings is 1. The molecule has 0 fully saturated rings. The van der Waals surface area contributed by atoms with Gasteiger partial charge in [-0.25, -0.2) is 4.98 Å². The molecule has 1 aromatic carbocycles. The minimum atomic E-state index is -0.0741. The van der Waals surface area contributed by atoms with Gasteiger partial charge in [-0.3, -0.25) is 9.69 Å². The Morgan fingerprint density at radius 3 is 2.88 bits per heavy atom. The maximum atomic E-state index is 12.2. The number of aromatic nitrogens is 3. The van der Waals surface area contributed by atoms with Crippen LogP contribution in [0.5, 0.6) is 0 Å². The van der Waals surface area contributed by atoms with Gasteiger partial charge < -0.3 is 4.42 Å². The van der Waals surface area contributed by atoms with Gasteiger partial charge in [0.15, 0.2) is 5.13 Å². The quantitative estimate of drug-likeness (QED) is 0.575. The lowest BCUT2D eigenvalue weighted by Crippen LogP contribution is -2.27. The number of halogens is 1. The monoisotopic (exact) mass is 424 g/mol. The van der Waals surface area contributed by atoms with Crippen LogP contribution in [0.4, 0.5) is 5.13 Å². The van der Waals surface area contributed by atoms with E-state index in [1.54, 1.807) is 7.05 Å². The molecule has 2 heterocycles. The van der Waals surface area contributed by atoms with Crippen molar-refractivity contribution in [2.75, 3.05) is 17.7 Å². The number of carbonyl (C=O) groups is 1. The van der Waals surface area contributed by atoms with Crippen LogP contribution in [0.2, 0.25) is 0 Å². The van der Waals surface area contributed by atoms with Crippen molar-refractivity contribution in [3.8, 4) is 11.5 Å². The van der Waals surface area contributed by atoms with Gasteiger partial charge in [0.2, 0.25) is 11.8 Å². The molecule has 124 valence electrons. The van der Waals surface area contributed by atoms with Gasteiger partial charge in [0.25, 0.3) is 5.22 Å². The van der Waals surface area contributed by atoms with Crippen LogP contribution in [0.25, 0.3) is 11.5 Å². The molecule has 0 spiro atoms. The average Bonchev–Trinajstić information content (AvgIpc) is 3.21. The highest BCUT2D eigenvalue weighted by Gasteiger charge is 2.17. The van der Waals surface area contributed by atoms with Crippen molar-refractivity contribution in [3.63, 3.8) is 0 Å². The Kier molecular flexibility index (Phi) is 5.32. The van der Waals surface area contributed by atoms with Gasteiger partial charge >= 0.3 is 0 Å². The fourth-order valence-electron chi connectivity index (χ4n) is 1.83. The van der Waals surface area contributed by atoms with Crippen LogP contribution in [0.3, 0.4) is 0 Å². The third-order valence-electron chi connectivity index (χ3n) is 3.10. The molecular weight excluding hydrogens is 412 g/mol. The summed E-state index contributed by atoms with van der Waals surface area (Å²) < 4.78 is 6.49. The molecule has 6 nitrogen and oxygen atoms in total. The molecule has 0 atom stereocenters. The van der Waals surface area contributed by atoms with Crippen LogP contribution in [0.15, 0.2) is 43.8 Å². The molecule has 24 heavy (non-hydrogen) atoms. The maximum Gasteiger partial charge on any atom is 0.277 e. The molecular formula is C15H13BrN4O2S2. The van der Waals surface area contributed by atoms with E-state index >= 15 is 0 Å². The van der Waals surface area contributed by atoms with Crippen molar-refractivity contribution in [2.24, 2.45) is 0 Å². The molecule has 0 saturated heterocycles. The predicted octanol–water partition coefficient (Wildman–Crippen LogP) is 4.02. The van der Waals surface area contributed by atoms with Crippen LogP contribution in [0, 0.1) is 6.92 Å². The van der Waals surface area contributed by atoms with Crippen molar-refractivity contribution in [1.82, 2.24) is 15.2 Å². The summed E-state index contributed by atoms with van der Waals surface area (Å²) in [6.45, 7) is 1.90. The molecule has 3 rings (SSSR count). The number of thioether (sulfide) groups is 1. The smallest absolute Gasteiger partial charge is 0.277 e. The topological polar surface area (TPSA) is 72.1 Å². The Balaban J connectivity index is 1.63. The Bertz CT molecular complexity index is 865. The number of anilines is 1. The van der Waals surface area contributed by atoms with Gasteiger partial charge in [-0.15, -0.1) is 21.5 Å². The van der Waals surface area contributed by atoms with E-state index in [2.05, 4.69) is 31.1 Å². The molecule has 9 heteroatoms. The second-order valence-corrected chi connectivity index (χ2v) is 7.48. The van der Waals surface area contributed by atoms with Crippen LogP contribution in [-0.4, -0.2) is 33.9 Å². The van der Waals surface area contributed by atoms with Gasteiger partial charge in [-0.2, -0.15) is 0 Å². The largest absolute Gasteiger partial charge is 0.411 e. The molecule has 0 aliphatic heterocycles. The first-order chi connectivity index (χ1) is 11.5. The van der Waals surface area contributed by atoms with Crippen molar-refractivity contribution in [3.05, 3.63) is 39.8 Å². The van der Waals surface area contributed by atoms with Crippen LogP contribution >= 0.6 is 39.0 Å². The van der Waals surface area contributed by atoms with Crippen molar-refractivity contribution >= 4 is 50.1 Å². The van der Waals surface area contributed by atoms with Gasteiger partial charge in [-0.05, 0) is 35.0 Å². The summed E-state index contributed by atoms with van der Waals surface area (Å²) in [5.41, 5.74) is 1.72. The molecule has 0 bridgehead atoms. The van der Waals surface area contributed by atoms with E-state index in [4.69, 9.17) is 4.42 Å². The Morgan fingerprint density at radius 2 is 2.17 bits per heavy atom. The molecule has 1 amide bonds. The van der Waals surface area contributed by atoms with Crippen molar-refractivity contribution in [2.45, 2.75) is 12.1 Å². The molecule has 3 aromatic rings. The highest BCUT2D eigenvalue weighted by Crippen LogP contribution is 2.29. The van der Waals surface area contributed by atoms with Crippen LogP contribution < -0.4 is 4.90 Å². The Hall–Kier alpha value is -1.71. The first kappa shape index (κ1) is 17.1. The Morgan fingerprint density at radius 1 is 1.38 bits per heavy atom. The highest BCUT2D eigenvalue weighted by atomic mass is 79.9. The van der Waals surface area contributed by atoms with E-state index in [9.17, 15) is 4.79 Å². The molecule has 0 N–H and O–H groups in total. The van der Waals surface area contributed by atoms with Crippen molar-refractivity contribution < 1.29 is 9.21 Å². The number of amides is 1. The van der Waals surface area contributed by atoms with E-state index < -0.39 is 0 Å². The lowest BCUT2D eigenvalue weighted by molar-refractivity contribution is -0.115. The summed E-state index contributed by atoms with van der Waals surface area (Å²) in [6, 6.07) is 7.59. The Labute approximate surface area is 155 Å². The summed E-state index contributed by atoms with van der Waals surface area (Å²) >= 11 is 6.10. The summed E-state index contributed by atoms with van der Waals surface area (Å²) in [4.78, 5) is 18.1. The molecule has 2 aromatic heterocycles. The molecule has 0 saturated carbocycles. The zero-order valence-electron chi connectivity index (χ0n) is 12.9. The van der Waals surface area contributed by atoms with Crippen LogP contribution in [-0.2, 0) is 4.79 Å². The minimum Gasteiger partial charge on any atom is -0.411 e. The van der Waals surface area contributed by atoms with Crippen molar-refractivity contribution in [1.29, 1.82) is 0 Å². The molecule has 0 aliphatic rings. The number of hydrogen-bond acceptors (Lipinski definition) is 7. The number of aryl methyl sites for hydroxylation is 1. The lowest BCUT2D eigenvalue weighted by atomic mass is 10.2. The number of carbonyl (C=O) groups excluding carboxylic acids is 1. The number of benzene rings is 1. The summed E-state index contributed by atoms with van der Waals surface area (Å²) in [6.07, 6.45) is 0. The third kappa shape index (κ3) is 3.85. The third-order valence-corrected chi connectivity index (χ3v) is 5.63. The van der Waals surface area contributed by atoms with Crippen LogP contribution in [0.1, 0.15) is 5.69 Å². The summed E-state index contributed by atoms with van der Waals surface area (Å²) in [7, 11) is 1.71. The first-order valence-corrected chi connectivity index (χ1v) is 9.60. The van der Waals surface area contributed by atoms with Gasteiger partial charge in [0.1, 0.15) is 0 Å². The number of hydrogen-bond donors (Lipinski definition) is 0. The van der Waals surface area contributed by atoms with E-state index in [-0.39, 0.29) is 11.7 Å². The average molecular weight is 425 g/mol. The van der Waals surface area contributed by atoms with E-state index in [1.165, 1.54) is 28.0 Å². The SMILES string of the molecule is Cc1csc(N(C)C(=O)CSc2nnc(-c3ccccc3Br)o2)n1. The fraction of sp³-hybridized carbons (Fsp3) is 0.200. The zero-order valence-corrected chi connectivity index (χ0v) is 16.1. The second-order valence-electron chi connectivity index (χ2n) is 4.87. The fourth-order valence-corrected chi connectivity index (χ4v) is 3.75. The normalized spacial score (nSPS) is 10.8. The second kappa shape index (κ2) is 7.45. The number of nitrogens with zero attached hydrogens (tertiary/aromatic N) is 4. The lowest BCUT2D eigenvalue weighted by Gasteiger charge is -2.12. The van der Waals surface area contributed by atoms with Gasteiger partial charge in [0.05, 0.1) is 17.0 Å².